The third-order valence-corrected chi connectivity index (χ3v) is 4.52. The zero-order valence-electron chi connectivity index (χ0n) is 14.9. The summed E-state index contributed by atoms with van der Waals surface area (Å²) in [5, 5.41) is 12.8. The highest BCUT2D eigenvalue weighted by Crippen LogP contribution is 2.20. The van der Waals surface area contributed by atoms with Gasteiger partial charge in [0.05, 0.1) is 18.8 Å². The van der Waals surface area contributed by atoms with Crippen molar-refractivity contribution in [2.75, 3.05) is 31.6 Å². The van der Waals surface area contributed by atoms with Crippen molar-refractivity contribution >= 4 is 5.82 Å². The van der Waals surface area contributed by atoms with Crippen LogP contribution in [0.5, 0.6) is 0 Å². The van der Waals surface area contributed by atoms with Crippen molar-refractivity contribution in [1.82, 2.24) is 9.88 Å². The SMILES string of the molecule is Cc1cc(C)c(C#N)c(NCc2ccccc2CN2CCOCC2)n1. The number of nitrogens with zero attached hydrogens (tertiary/aromatic N) is 3. The molecular weight excluding hydrogens is 312 g/mol. The fraction of sp³-hybridized carbons (Fsp3) is 0.400. The molecule has 2 heterocycles. The number of ether oxygens (including phenoxy) is 1. The first-order valence-corrected chi connectivity index (χ1v) is 8.66. The van der Waals surface area contributed by atoms with E-state index in [-0.39, 0.29) is 0 Å². The van der Waals surface area contributed by atoms with Gasteiger partial charge in [-0.3, -0.25) is 4.90 Å². The molecule has 0 aliphatic carbocycles. The van der Waals surface area contributed by atoms with E-state index in [2.05, 4.69) is 45.5 Å². The lowest BCUT2D eigenvalue weighted by Gasteiger charge is -2.27. The van der Waals surface area contributed by atoms with Gasteiger partial charge in [-0.25, -0.2) is 4.98 Å². The minimum Gasteiger partial charge on any atom is -0.379 e. The molecule has 0 unspecified atom stereocenters. The third-order valence-electron chi connectivity index (χ3n) is 4.52. The second kappa shape index (κ2) is 8.11. The molecule has 0 spiro atoms. The van der Waals surface area contributed by atoms with E-state index in [0.29, 0.717) is 17.9 Å². The van der Waals surface area contributed by atoms with Crippen LogP contribution in [-0.4, -0.2) is 36.2 Å². The van der Waals surface area contributed by atoms with Gasteiger partial charge in [-0.15, -0.1) is 0 Å². The first-order valence-electron chi connectivity index (χ1n) is 8.66. The maximum atomic E-state index is 9.41. The van der Waals surface area contributed by atoms with Gasteiger partial charge in [-0.1, -0.05) is 24.3 Å². The zero-order valence-corrected chi connectivity index (χ0v) is 14.9. The smallest absolute Gasteiger partial charge is 0.144 e. The van der Waals surface area contributed by atoms with E-state index < -0.39 is 0 Å². The van der Waals surface area contributed by atoms with Crippen LogP contribution in [0.25, 0.3) is 0 Å². The lowest BCUT2D eigenvalue weighted by atomic mass is 10.1. The lowest BCUT2D eigenvalue weighted by molar-refractivity contribution is 0.0341. The van der Waals surface area contributed by atoms with Crippen LogP contribution in [0.4, 0.5) is 5.82 Å². The molecule has 25 heavy (non-hydrogen) atoms. The minimum atomic E-state index is 0.622. The molecule has 1 aliphatic heterocycles. The van der Waals surface area contributed by atoms with E-state index >= 15 is 0 Å². The van der Waals surface area contributed by atoms with Crippen LogP contribution in [0, 0.1) is 25.2 Å². The van der Waals surface area contributed by atoms with Gasteiger partial charge < -0.3 is 10.1 Å². The fourth-order valence-corrected chi connectivity index (χ4v) is 3.17. The van der Waals surface area contributed by atoms with Gasteiger partial charge in [-0.05, 0) is 36.6 Å². The number of rotatable bonds is 5. The summed E-state index contributed by atoms with van der Waals surface area (Å²) < 4.78 is 5.43. The Labute approximate surface area is 149 Å². The molecule has 0 amide bonds. The summed E-state index contributed by atoms with van der Waals surface area (Å²) in [5.74, 6) is 0.668. The molecule has 0 atom stereocenters. The molecular formula is C20H24N4O. The van der Waals surface area contributed by atoms with Crippen LogP contribution in [0.15, 0.2) is 30.3 Å². The van der Waals surface area contributed by atoms with Crippen molar-refractivity contribution in [3.63, 3.8) is 0 Å². The standard InChI is InChI=1S/C20H24N4O/c1-15-11-16(2)23-20(19(15)12-21)22-13-17-5-3-4-6-18(17)14-24-7-9-25-10-8-24/h3-6,11H,7-10,13-14H2,1-2H3,(H,22,23). The number of hydrogen-bond acceptors (Lipinski definition) is 5. The molecule has 0 bridgehead atoms. The van der Waals surface area contributed by atoms with Crippen molar-refractivity contribution in [3.8, 4) is 6.07 Å². The lowest BCUT2D eigenvalue weighted by Crippen LogP contribution is -2.35. The Balaban J connectivity index is 1.75. The highest BCUT2D eigenvalue weighted by molar-refractivity contribution is 5.56. The van der Waals surface area contributed by atoms with Crippen molar-refractivity contribution in [2.24, 2.45) is 0 Å². The molecule has 0 saturated carbocycles. The van der Waals surface area contributed by atoms with Crippen molar-refractivity contribution in [2.45, 2.75) is 26.9 Å². The quantitative estimate of drug-likeness (QED) is 0.909. The number of morpholine rings is 1. The monoisotopic (exact) mass is 336 g/mol. The largest absolute Gasteiger partial charge is 0.379 e. The van der Waals surface area contributed by atoms with Gasteiger partial charge in [0.25, 0.3) is 0 Å². The maximum absolute atomic E-state index is 9.41. The highest BCUT2D eigenvalue weighted by Gasteiger charge is 2.13. The molecule has 1 aromatic carbocycles. The highest BCUT2D eigenvalue weighted by atomic mass is 16.5. The van der Waals surface area contributed by atoms with Gasteiger partial charge in [0.2, 0.25) is 0 Å². The van der Waals surface area contributed by atoms with E-state index in [1.165, 1.54) is 11.1 Å². The van der Waals surface area contributed by atoms with Crippen LogP contribution >= 0.6 is 0 Å². The summed E-state index contributed by atoms with van der Waals surface area (Å²) in [6.07, 6.45) is 0. The Morgan fingerprint density at radius 2 is 1.92 bits per heavy atom. The Morgan fingerprint density at radius 3 is 2.64 bits per heavy atom. The molecule has 2 aromatic rings. The second-order valence-corrected chi connectivity index (χ2v) is 6.43. The first-order chi connectivity index (χ1) is 12.2. The number of aryl methyl sites for hydroxylation is 2. The molecule has 130 valence electrons. The molecule has 3 rings (SSSR count). The third kappa shape index (κ3) is 4.36. The van der Waals surface area contributed by atoms with Gasteiger partial charge >= 0.3 is 0 Å². The van der Waals surface area contributed by atoms with E-state index in [0.717, 1.165) is 44.1 Å². The Morgan fingerprint density at radius 1 is 1.20 bits per heavy atom. The van der Waals surface area contributed by atoms with Gasteiger partial charge in [-0.2, -0.15) is 5.26 Å². The number of benzene rings is 1. The normalized spacial score (nSPS) is 14.9. The maximum Gasteiger partial charge on any atom is 0.144 e. The first kappa shape index (κ1) is 17.4. The molecule has 1 aliphatic rings. The molecule has 0 radical (unpaired) electrons. The number of anilines is 1. The molecule has 1 fully saturated rings. The molecule has 5 nitrogen and oxygen atoms in total. The van der Waals surface area contributed by atoms with Gasteiger partial charge in [0.1, 0.15) is 11.9 Å². The van der Waals surface area contributed by atoms with Crippen LogP contribution in [0.3, 0.4) is 0 Å². The summed E-state index contributed by atoms with van der Waals surface area (Å²) in [7, 11) is 0. The van der Waals surface area contributed by atoms with Gasteiger partial charge in [0, 0.05) is 31.9 Å². The topological polar surface area (TPSA) is 61.2 Å². The van der Waals surface area contributed by atoms with Crippen LogP contribution in [0.2, 0.25) is 0 Å². The number of nitrogens with one attached hydrogen (secondary N) is 1. The van der Waals surface area contributed by atoms with Gasteiger partial charge in [0.15, 0.2) is 0 Å². The summed E-state index contributed by atoms with van der Waals surface area (Å²) in [4.78, 5) is 6.92. The van der Waals surface area contributed by atoms with E-state index in [1.54, 1.807) is 0 Å². The molecule has 5 heteroatoms. The minimum absolute atomic E-state index is 0.622. The molecule has 1 aromatic heterocycles. The zero-order chi connectivity index (χ0) is 17.6. The van der Waals surface area contributed by atoms with E-state index in [9.17, 15) is 5.26 Å². The van der Waals surface area contributed by atoms with Crippen LogP contribution < -0.4 is 5.32 Å². The number of aromatic nitrogens is 1. The fourth-order valence-electron chi connectivity index (χ4n) is 3.17. The second-order valence-electron chi connectivity index (χ2n) is 6.43. The number of nitriles is 1. The number of hydrogen-bond donors (Lipinski definition) is 1. The predicted octanol–water partition coefficient (Wildman–Crippen LogP) is 3.01. The predicted molar refractivity (Wildman–Crippen MR) is 98.3 cm³/mol. The van der Waals surface area contributed by atoms with Crippen molar-refractivity contribution in [3.05, 3.63) is 58.3 Å². The average molecular weight is 336 g/mol. The Bertz CT molecular complexity index is 776. The summed E-state index contributed by atoms with van der Waals surface area (Å²) in [6.45, 7) is 9.03. The summed E-state index contributed by atoms with van der Waals surface area (Å²) >= 11 is 0. The average Bonchev–Trinajstić information content (AvgIpc) is 2.61. The van der Waals surface area contributed by atoms with Crippen molar-refractivity contribution < 1.29 is 4.74 Å². The Hall–Kier alpha value is -2.42. The van der Waals surface area contributed by atoms with E-state index in [4.69, 9.17) is 4.74 Å². The van der Waals surface area contributed by atoms with E-state index in [1.807, 2.05) is 19.9 Å². The molecule has 1 saturated heterocycles. The summed E-state index contributed by atoms with van der Waals surface area (Å²) in [6, 6.07) is 12.6. The Kier molecular flexibility index (Phi) is 5.64. The summed E-state index contributed by atoms with van der Waals surface area (Å²) in [5.41, 5.74) is 5.04. The van der Waals surface area contributed by atoms with Crippen LogP contribution in [0.1, 0.15) is 27.9 Å². The number of pyridine rings is 1. The van der Waals surface area contributed by atoms with Crippen molar-refractivity contribution in [1.29, 1.82) is 5.26 Å². The molecule has 1 N–H and O–H groups in total. The van der Waals surface area contributed by atoms with Crippen LogP contribution in [-0.2, 0) is 17.8 Å².